The maximum atomic E-state index is 13.6. The second kappa shape index (κ2) is 9.25. The Hall–Kier alpha value is -3.27. The molecule has 10 heteroatoms. The van der Waals surface area contributed by atoms with Gasteiger partial charge in [-0.2, -0.15) is 13.2 Å². The maximum absolute atomic E-state index is 13.6. The standard InChI is InChI=1S/C21H20F3NO6/c1-29-16-9-7-14(8-10-16)18(26)17(21(22,23)24)19(27)31-25-15(12-30-20(25)28)11-13-5-3-2-4-6-13/h2-10,15,17-18,26H,11-12H2,1H3/t15-,17+,18+/m0/s1. The van der Waals surface area contributed by atoms with Gasteiger partial charge in [0.15, 0.2) is 5.92 Å². The lowest BCUT2D eigenvalue weighted by molar-refractivity contribution is -0.235. The summed E-state index contributed by atoms with van der Waals surface area (Å²) in [6.07, 6.45) is -8.24. The fourth-order valence-electron chi connectivity index (χ4n) is 3.18. The quantitative estimate of drug-likeness (QED) is 0.712. The summed E-state index contributed by atoms with van der Waals surface area (Å²) in [5.41, 5.74) is 0.613. The van der Waals surface area contributed by atoms with Crippen LogP contribution in [0.25, 0.3) is 0 Å². The van der Waals surface area contributed by atoms with E-state index < -0.39 is 36.3 Å². The van der Waals surface area contributed by atoms with Crippen LogP contribution in [-0.4, -0.2) is 48.2 Å². The molecule has 1 aliphatic rings. The molecule has 31 heavy (non-hydrogen) atoms. The topological polar surface area (TPSA) is 85.3 Å². The Balaban J connectivity index is 1.78. The van der Waals surface area contributed by atoms with Crippen molar-refractivity contribution in [3.8, 4) is 5.75 Å². The number of cyclic esters (lactones) is 1. The van der Waals surface area contributed by atoms with Gasteiger partial charge >= 0.3 is 18.2 Å². The molecule has 0 aromatic heterocycles. The van der Waals surface area contributed by atoms with Crippen molar-refractivity contribution in [1.29, 1.82) is 0 Å². The predicted octanol–water partition coefficient (Wildman–Crippen LogP) is 3.43. The lowest BCUT2D eigenvalue weighted by Crippen LogP contribution is -2.43. The molecule has 0 bridgehead atoms. The van der Waals surface area contributed by atoms with Crippen LogP contribution in [0.15, 0.2) is 54.6 Å². The zero-order valence-electron chi connectivity index (χ0n) is 16.4. The van der Waals surface area contributed by atoms with E-state index in [-0.39, 0.29) is 18.6 Å². The number of rotatable bonds is 7. The molecule has 2 aromatic rings. The summed E-state index contributed by atoms with van der Waals surface area (Å²) in [6.45, 7) is -0.154. The minimum Gasteiger partial charge on any atom is -0.497 e. The lowest BCUT2D eigenvalue weighted by Gasteiger charge is -2.27. The van der Waals surface area contributed by atoms with Crippen molar-refractivity contribution in [2.24, 2.45) is 5.92 Å². The van der Waals surface area contributed by atoms with Gasteiger partial charge in [0.1, 0.15) is 24.5 Å². The number of carbonyl (C=O) groups excluding carboxylic acids is 2. The van der Waals surface area contributed by atoms with Gasteiger partial charge in [-0.05, 0) is 29.7 Å². The Morgan fingerprint density at radius 3 is 2.42 bits per heavy atom. The molecule has 166 valence electrons. The van der Waals surface area contributed by atoms with E-state index in [1.165, 1.54) is 31.4 Å². The summed E-state index contributed by atoms with van der Waals surface area (Å²) in [6, 6.07) is 13.1. The van der Waals surface area contributed by atoms with Crippen LogP contribution in [0, 0.1) is 5.92 Å². The molecule has 1 saturated heterocycles. The van der Waals surface area contributed by atoms with E-state index in [0.717, 1.165) is 5.56 Å². The van der Waals surface area contributed by atoms with E-state index in [9.17, 15) is 27.9 Å². The maximum Gasteiger partial charge on any atom is 0.443 e. The van der Waals surface area contributed by atoms with Gasteiger partial charge in [-0.1, -0.05) is 42.5 Å². The first-order chi connectivity index (χ1) is 14.7. The summed E-state index contributed by atoms with van der Waals surface area (Å²) in [4.78, 5) is 29.2. The largest absolute Gasteiger partial charge is 0.497 e. The highest BCUT2D eigenvalue weighted by Crippen LogP contribution is 2.38. The van der Waals surface area contributed by atoms with Crippen molar-refractivity contribution in [1.82, 2.24) is 5.06 Å². The first kappa shape index (κ1) is 22.4. The van der Waals surface area contributed by atoms with Crippen LogP contribution < -0.4 is 4.74 Å². The number of hydroxylamine groups is 2. The summed E-state index contributed by atoms with van der Waals surface area (Å²) < 4.78 is 50.7. The van der Waals surface area contributed by atoms with Crippen molar-refractivity contribution >= 4 is 12.1 Å². The van der Waals surface area contributed by atoms with Gasteiger partial charge in [0.05, 0.1) is 7.11 Å². The number of hydrogen-bond donors (Lipinski definition) is 1. The van der Waals surface area contributed by atoms with Gasteiger partial charge in [-0.3, -0.25) is 0 Å². The number of alkyl halides is 3. The molecule has 1 amide bonds. The Morgan fingerprint density at radius 1 is 1.19 bits per heavy atom. The second-order valence-electron chi connectivity index (χ2n) is 6.89. The van der Waals surface area contributed by atoms with E-state index in [1.54, 1.807) is 30.3 Å². The monoisotopic (exact) mass is 439 g/mol. The van der Waals surface area contributed by atoms with Crippen LogP contribution in [0.1, 0.15) is 17.2 Å². The molecule has 7 nitrogen and oxygen atoms in total. The van der Waals surface area contributed by atoms with Crippen LogP contribution in [0.4, 0.5) is 18.0 Å². The molecular formula is C21H20F3NO6. The fourth-order valence-corrected chi connectivity index (χ4v) is 3.18. The Bertz CT molecular complexity index is 904. The van der Waals surface area contributed by atoms with Crippen molar-refractivity contribution < 1.29 is 42.2 Å². The number of nitrogens with zero attached hydrogens (tertiary/aromatic N) is 1. The highest BCUT2D eigenvalue weighted by Gasteiger charge is 2.53. The SMILES string of the molecule is COc1ccc([C@@H](O)[C@H](C(=O)ON2C(=O)OC[C@@H]2Cc2ccccc2)C(F)(F)F)cc1. The van der Waals surface area contributed by atoms with Crippen LogP contribution in [0.3, 0.4) is 0 Å². The molecule has 3 rings (SSSR count). The third-order valence-electron chi connectivity index (χ3n) is 4.79. The number of benzene rings is 2. The zero-order chi connectivity index (χ0) is 22.6. The molecule has 1 fully saturated rings. The third kappa shape index (κ3) is 5.26. The van der Waals surface area contributed by atoms with Crippen LogP contribution >= 0.6 is 0 Å². The Labute approximate surface area is 175 Å². The number of aliphatic hydroxyl groups excluding tert-OH is 1. The predicted molar refractivity (Wildman–Crippen MR) is 101 cm³/mol. The molecule has 1 aliphatic heterocycles. The van der Waals surface area contributed by atoms with Crippen molar-refractivity contribution in [3.63, 3.8) is 0 Å². The molecule has 1 heterocycles. The number of halogens is 3. The van der Waals surface area contributed by atoms with Gasteiger partial charge in [0.25, 0.3) is 0 Å². The number of methoxy groups -OCH3 is 1. The molecule has 1 N–H and O–H groups in total. The first-order valence-electron chi connectivity index (χ1n) is 9.31. The van der Waals surface area contributed by atoms with E-state index in [2.05, 4.69) is 0 Å². The average molecular weight is 439 g/mol. The normalized spacial score (nSPS) is 18.3. The zero-order valence-corrected chi connectivity index (χ0v) is 16.4. The number of amides is 1. The molecule has 0 saturated carbocycles. The van der Waals surface area contributed by atoms with Gasteiger partial charge < -0.3 is 19.4 Å². The molecular weight excluding hydrogens is 419 g/mol. The summed E-state index contributed by atoms with van der Waals surface area (Å²) >= 11 is 0. The molecule has 0 unspecified atom stereocenters. The van der Waals surface area contributed by atoms with E-state index in [0.29, 0.717) is 10.8 Å². The minimum absolute atomic E-state index is 0.154. The van der Waals surface area contributed by atoms with Crippen LogP contribution in [-0.2, 0) is 20.8 Å². The highest BCUT2D eigenvalue weighted by molar-refractivity contribution is 5.77. The number of ether oxygens (including phenoxy) is 2. The molecule has 0 aliphatic carbocycles. The van der Waals surface area contributed by atoms with E-state index in [1.807, 2.05) is 0 Å². The first-order valence-corrected chi connectivity index (χ1v) is 9.31. The fraction of sp³-hybridized carbons (Fsp3) is 0.333. The molecule has 3 atom stereocenters. The third-order valence-corrected chi connectivity index (χ3v) is 4.79. The minimum atomic E-state index is -5.13. The number of aliphatic hydroxyl groups is 1. The number of carbonyl (C=O) groups is 2. The van der Waals surface area contributed by atoms with Crippen molar-refractivity contribution in [2.75, 3.05) is 13.7 Å². The Kier molecular flexibility index (Phi) is 6.69. The Morgan fingerprint density at radius 2 is 1.84 bits per heavy atom. The number of hydrogen-bond acceptors (Lipinski definition) is 6. The summed E-state index contributed by atoms with van der Waals surface area (Å²) in [5.74, 6) is -4.36. The summed E-state index contributed by atoms with van der Waals surface area (Å²) in [7, 11) is 1.38. The second-order valence-corrected chi connectivity index (χ2v) is 6.89. The van der Waals surface area contributed by atoms with Crippen molar-refractivity contribution in [3.05, 3.63) is 65.7 Å². The highest BCUT2D eigenvalue weighted by atomic mass is 19.4. The van der Waals surface area contributed by atoms with E-state index in [4.69, 9.17) is 14.3 Å². The van der Waals surface area contributed by atoms with Crippen LogP contribution in [0.2, 0.25) is 0 Å². The average Bonchev–Trinajstić information content (AvgIpc) is 3.07. The summed E-state index contributed by atoms with van der Waals surface area (Å²) in [5, 5.41) is 10.8. The smallest absolute Gasteiger partial charge is 0.443 e. The van der Waals surface area contributed by atoms with Gasteiger partial charge in [0.2, 0.25) is 0 Å². The van der Waals surface area contributed by atoms with Crippen molar-refractivity contribution in [2.45, 2.75) is 24.7 Å². The lowest BCUT2D eigenvalue weighted by atomic mass is 9.95. The van der Waals surface area contributed by atoms with Gasteiger partial charge in [0, 0.05) is 0 Å². The molecule has 2 aromatic carbocycles. The van der Waals surface area contributed by atoms with E-state index >= 15 is 0 Å². The van der Waals surface area contributed by atoms with Gasteiger partial charge in [-0.25, -0.2) is 9.59 Å². The van der Waals surface area contributed by atoms with Gasteiger partial charge in [-0.15, -0.1) is 5.06 Å². The van der Waals surface area contributed by atoms with Crippen LogP contribution in [0.5, 0.6) is 5.75 Å². The molecule has 0 spiro atoms. The molecule has 0 radical (unpaired) electrons.